The van der Waals surface area contributed by atoms with Crippen LogP contribution in [-0.4, -0.2) is 47.6 Å². The van der Waals surface area contributed by atoms with E-state index in [-0.39, 0.29) is 37.7 Å². The number of carbonyl (C=O) groups excluding carboxylic acids is 2. The summed E-state index contributed by atoms with van der Waals surface area (Å²) in [7, 11) is 0. The molecule has 2 N–H and O–H groups in total. The summed E-state index contributed by atoms with van der Waals surface area (Å²) in [5.41, 5.74) is 0. The van der Waals surface area contributed by atoms with Crippen LogP contribution in [0.3, 0.4) is 0 Å². The molecular formula is C35H60O6. The lowest BCUT2D eigenvalue weighted by Crippen LogP contribution is -2.28. The standard InChI is InChI=1S/C35H60O6/c1-4-24-32(37)26-21-17-12-10-8-6-5-7-9-11-13-19-23-28-35(39)41-33(29-36)30-40-34(38)27-22-18-15-14-16-20-25-31(2)3/h5,7-8,10-11,13,17,21,31-33,36-37H,4,6,9,12,14-16,18-20,22-30H2,1-3H3/b7-5-,10-8-,13-11-,21-17-/t32?,33-/m0/s1. The Bertz CT molecular complexity index is 737. The molecule has 0 aliphatic rings. The highest BCUT2D eigenvalue weighted by Gasteiger charge is 2.15. The maximum Gasteiger partial charge on any atom is 0.306 e. The van der Waals surface area contributed by atoms with Crippen molar-refractivity contribution in [2.45, 2.75) is 142 Å². The first kappa shape index (κ1) is 38.8. The van der Waals surface area contributed by atoms with Gasteiger partial charge in [-0.1, -0.05) is 114 Å². The molecule has 0 fully saturated rings. The van der Waals surface area contributed by atoms with Crippen molar-refractivity contribution < 1.29 is 29.3 Å². The van der Waals surface area contributed by atoms with Crippen LogP contribution in [0.4, 0.5) is 0 Å². The molecule has 2 atom stereocenters. The maximum atomic E-state index is 12.1. The molecule has 0 aliphatic carbocycles. The average molecular weight is 577 g/mol. The summed E-state index contributed by atoms with van der Waals surface area (Å²) in [6.07, 6.45) is 31.0. The van der Waals surface area contributed by atoms with E-state index in [1.165, 1.54) is 25.7 Å². The summed E-state index contributed by atoms with van der Waals surface area (Å²) >= 11 is 0. The Morgan fingerprint density at radius 3 is 1.88 bits per heavy atom. The molecule has 236 valence electrons. The van der Waals surface area contributed by atoms with Crippen LogP contribution in [0.2, 0.25) is 0 Å². The number of allylic oxidation sites excluding steroid dienone is 7. The lowest BCUT2D eigenvalue weighted by molar-refractivity contribution is -0.161. The quantitative estimate of drug-likeness (QED) is 0.0580. The topological polar surface area (TPSA) is 93.1 Å². The molecule has 0 saturated heterocycles. The number of esters is 2. The number of carbonyl (C=O) groups is 2. The fourth-order valence-electron chi connectivity index (χ4n) is 4.16. The molecule has 0 heterocycles. The summed E-state index contributed by atoms with van der Waals surface area (Å²) in [6.45, 7) is 6.12. The lowest BCUT2D eigenvalue weighted by Gasteiger charge is -2.15. The Balaban J connectivity index is 3.77. The summed E-state index contributed by atoms with van der Waals surface area (Å²) in [6, 6.07) is 0. The van der Waals surface area contributed by atoms with Crippen molar-refractivity contribution in [1.29, 1.82) is 0 Å². The van der Waals surface area contributed by atoms with Crippen LogP contribution >= 0.6 is 0 Å². The van der Waals surface area contributed by atoms with E-state index < -0.39 is 6.10 Å². The molecule has 0 saturated carbocycles. The monoisotopic (exact) mass is 576 g/mol. The highest BCUT2D eigenvalue weighted by atomic mass is 16.6. The predicted octanol–water partition coefficient (Wildman–Crippen LogP) is 8.33. The van der Waals surface area contributed by atoms with Crippen LogP contribution in [0.15, 0.2) is 48.6 Å². The zero-order valence-electron chi connectivity index (χ0n) is 26.3. The molecule has 0 aromatic carbocycles. The van der Waals surface area contributed by atoms with Gasteiger partial charge in [-0.3, -0.25) is 9.59 Å². The minimum atomic E-state index is -0.808. The van der Waals surface area contributed by atoms with Gasteiger partial charge in [0.05, 0.1) is 12.7 Å². The molecule has 0 amide bonds. The van der Waals surface area contributed by atoms with E-state index in [1.54, 1.807) is 0 Å². The molecule has 41 heavy (non-hydrogen) atoms. The SMILES string of the molecule is CCCC(O)C/C=C\C/C=C\C/C=C\C/C=C\CCCC(=O)O[C@@H](CO)COC(=O)CCCCCCCCC(C)C. The fraction of sp³-hybridized carbons (Fsp3) is 0.714. The van der Waals surface area contributed by atoms with Crippen molar-refractivity contribution in [3.8, 4) is 0 Å². The number of aliphatic hydroxyl groups is 2. The van der Waals surface area contributed by atoms with Crippen LogP contribution < -0.4 is 0 Å². The van der Waals surface area contributed by atoms with Gasteiger partial charge < -0.3 is 19.7 Å². The van der Waals surface area contributed by atoms with Gasteiger partial charge in [0.2, 0.25) is 0 Å². The van der Waals surface area contributed by atoms with E-state index in [9.17, 15) is 19.8 Å². The Labute approximate surface area is 251 Å². The molecule has 6 nitrogen and oxygen atoms in total. The van der Waals surface area contributed by atoms with Gasteiger partial charge in [0.15, 0.2) is 6.10 Å². The summed E-state index contributed by atoms with van der Waals surface area (Å²) in [5.74, 6) is 0.0775. The van der Waals surface area contributed by atoms with Crippen LogP contribution in [0, 0.1) is 5.92 Å². The first-order chi connectivity index (χ1) is 19.9. The van der Waals surface area contributed by atoms with Gasteiger partial charge in [-0.2, -0.15) is 0 Å². The zero-order chi connectivity index (χ0) is 30.4. The first-order valence-corrected chi connectivity index (χ1v) is 16.1. The van der Waals surface area contributed by atoms with Gasteiger partial charge in [0.25, 0.3) is 0 Å². The Morgan fingerprint density at radius 2 is 1.27 bits per heavy atom. The second-order valence-electron chi connectivity index (χ2n) is 11.2. The fourth-order valence-corrected chi connectivity index (χ4v) is 4.16. The van der Waals surface area contributed by atoms with E-state index in [0.717, 1.165) is 70.1 Å². The molecule has 0 bridgehead atoms. The smallest absolute Gasteiger partial charge is 0.306 e. The van der Waals surface area contributed by atoms with Crippen molar-refractivity contribution in [3.63, 3.8) is 0 Å². The largest absolute Gasteiger partial charge is 0.462 e. The van der Waals surface area contributed by atoms with Crippen LogP contribution in [0.25, 0.3) is 0 Å². The van der Waals surface area contributed by atoms with Gasteiger partial charge in [-0.05, 0) is 57.3 Å². The third-order valence-corrected chi connectivity index (χ3v) is 6.61. The average Bonchev–Trinajstić information content (AvgIpc) is 2.94. The molecular weight excluding hydrogens is 516 g/mol. The third kappa shape index (κ3) is 29.1. The van der Waals surface area contributed by atoms with Crippen LogP contribution in [0.5, 0.6) is 0 Å². The summed E-state index contributed by atoms with van der Waals surface area (Å²) in [5, 5.41) is 19.1. The highest BCUT2D eigenvalue weighted by Crippen LogP contribution is 2.12. The second-order valence-corrected chi connectivity index (χ2v) is 11.2. The number of unbranched alkanes of at least 4 members (excludes halogenated alkanes) is 6. The predicted molar refractivity (Wildman–Crippen MR) is 169 cm³/mol. The van der Waals surface area contributed by atoms with Crippen LogP contribution in [-0.2, 0) is 19.1 Å². The van der Waals surface area contributed by atoms with Gasteiger partial charge in [0.1, 0.15) is 6.61 Å². The van der Waals surface area contributed by atoms with E-state index >= 15 is 0 Å². The first-order valence-electron chi connectivity index (χ1n) is 16.1. The number of hydrogen-bond acceptors (Lipinski definition) is 6. The van der Waals surface area contributed by atoms with Crippen molar-refractivity contribution >= 4 is 11.9 Å². The molecule has 0 aliphatic heterocycles. The Hall–Kier alpha value is -2.18. The molecule has 6 heteroatoms. The van der Waals surface area contributed by atoms with Gasteiger partial charge >= 0.3 is 11.9 Å². The molecule has 1 unspecified atom stereocenters. The third-order valence-electron chi connectivity index (χ3n) is 6.61. The van der Waals surface area contributed by atoms with Crippen molar-refractivity contribution in [1.82, 2.24) is 0 Å². The number of aliphatic hydroxyl groups excluding tert-OH is 2. The summed E-state index contributed by atoms with van der Waals surface area (Å²) in [4.78, 5) is 24.0. The lowest BCUT2D eigenvalue weighted by atomic mass is 10.0. The van der Waals surface area contributed by atoms with Crippen molar-refractivity contribution in [3.05, 3.63) is 48.6 Å². The molecule has 0 aromatic rings. The van der Waals surface area contributed by atoms with Gasteiger partial charge in [-0.15, -0.1) is 0 Å². The normalized spacial score (nSPS) is 13.7. The maximum absolute atomic E-state index is 12.1. The van der Waals surface area contributed by atoms with E-state index in [1.807, 2.05) is 6.08 Å². The van der Waals surface area contributed by atoms with Crippen molar-refractivity contribution in [2.75, 3.05) is 13.2 Å². The zero-order valence-corrected chi connectivity index (χ0v) is 26.3. The molecule has 0 spiro atoms. The number of ether oxygens (including phenoxy) is 2. The highest BCUT2D eigenvalue weighted by molar-refractivity contribution is 5.70. The van der Waals surface area contributed by atoms with Gasteiger partial charge in [-0.25, -0.2) is 0 Å². The minimum Gasteiger partial charge on any atom is -0.462 e. The van der Waals surface area contributed by atoms with Gasteiger partial charge in [0, 0.05) is 12.8 Å². The minimum absolute atomic E-state index is 0.0996. The molecule has 0 radical (unpaired) electrons. The molecule has 0 rings (SSSR count). The van der Waals surface area contributed by atoms with E-state index in [4.69, 9.17) is 9.47 Å². The number of rotatable bonds is 27. The summed E-state index contributed by atoms with van der Waals surface area (Å²) < 4.78 is 10.5. The Kier molecular flexibility index (Phi) is 27.8. The number of hydrogen-bond donors (Lipinski definition) is 2. The van der Waals surface area contributed by atoms with Crippen LogP contribution in [0.1, 0.15) is 130 Å². The second kappa shape index (κ2) is 29.3. The van der Waals surface area contributed by atoms with Crippen molar-refractivity contribution in [2.24, 2.45) is 5.92 Å². The molecule has 0 aromatic heterocycles. The Morgan fingerprint density at radius 1 is 0.707 bits per heavy atom. The van der Waals surface area contributed by atoms with E-state index in [0.29, 0.717) is 12.8 Å². The van der Waals surface area contributed by atoms with E-state index in [2.05, 4.69) is 63.3 Å².